The standard InChI is InChI=1S/C15H27N3S/c1-11(18(5)12-6-7-12)8-16-9-13-10-17-14(19-13)15(2,3)4/h10-12,16H,6-9H2,1-5H3. The molecule has 1 saturated carbocycles. The summed E-state index contributed by atoms with van der Waals surface area (Å²) in [6, 6.07) is 1.45. The summed E-state index contributed by atoms with van der Waals surface area (Å²) in [4.78, 5) is 8.37. The van der Waals surface area contributed by atoms with Crippen molar-refractivity contribution in [2.24, 2.45) is 0 Å². The van der Waals surface area contributed by atoms with E-state index in [2.05, 4.69) is 49.9 Å². The molecule has 0 saturated heterocycles. The minimum Gasteiger partial charge on any atom is -0.310 e. The van der Waals surface area contributed by atoms with E-state index in [0.717, 1.165) is 19.1 Å². The van der Waals surface area contributed by atoms with Gasteiger partial charge in [-0.15, -0.1) is 11.3 Å². The molecule has 0 bridgehead atoms. The van der Waals surface area contributed by atoms with Gasteiger partial charge in [0, 0.05) is 41.7 Å². The van der Waals surface area contributed by atoms with Gasteiger partial charge in [0.15, 0.2) is 0 Å². The molecule has 1 fully saturated rings. The molecule has 1 atom stereocenters. The molecule has 0 aromatic carbocycles. The van der Waals surface area contributed by atoms with Crippen LogP contribution in [0.5, 0.6) is 0 Å². The van der Waals surface area contributed by atoms with Crippen LogP contribution < -0.4 is 5.32 Å². The summed E-state index contributed by atoms with van der Waals surface area (Å²) in [6.45, 7) is 11.0. The zero-order valence-corrected chi connectivity index (χ0v) is 13.7. The number of thiazole rings is 1. The highest BCUT2D eigenvalue weighted by Gasteiger charge is 2.28. The number of likely N-dealkylation sites (N-methyl/N-ethyl adjacent to an activating group) is 1. The molecule has 1 N–H and O–H groups in total. The number of hydrogen-bond donors (Lipinski definition) is 1. The minimum absolute atomic E-state index is 0.169. The molecule has 1 aliphatic carbocycles. The van der Waals surface area contributed by atoms with Gasteiger partial charge < -0.3 is 5.32 Å². The second-order valence-electron chi connectivity index (χ2n) is 6.76. The van der Waals surface area contributed by atoms with Gasteiger partial charge in [-0.05, 0) is 26.8 Å². The van der Waals surface area contributed by atoms with Crippen LogP contribution in [0.3, 0.4) is 0 Å². The third-order valence-corrected chi connectivity index (χ3v) is 5.18. The average Bonchev–Trinajstić information content (AvgIpc) is 3.06. The lowest BCUT2D eigenvalue weighted by atomic mass is 9.98. The first-order valence-corrected chi connectivity index (χ1v) is 8.07. The van der Waals surface area contributed by atoms with Gasteiger partial charge in [0.2, 0.25) is 0 Å². The van der Waals surface area contributed by atoms with Crippen LogP contribution in [-0.2, 0) is 12.0 Å². The number of rotatable bonds is 6. The number of nitrogens with zero attached hydrogens (tertiary/aromatic N) is 2. The maximum atomic E-state index is 4.53. The summed E-state index contributed by atoms with van der Waals surface area (Å²) in [5, 5.41) is 4.79. The maximum Gasteiger partial charge on any atom is 0.0981 e. The lowest BCUT2D eigenvalue weighted by Gasteiger charge is -2.24. The van der Waals surface area contributed by atoms with E-state index in [9.17, 15) is 0 Å². The SMILES string of the molecule is CC(CNCc1cnc(C(C)(C)C)s1)N(C)C1CC1. The number of aromatic nitrogens is 1. The molecule has 1 aromatic heterocycles. The molecule has 0 amide bonds. The predicted molar refractivity (Wildman–Crippen MR) is 82.8 cm³/mol. The van der Waals surface area contributed by atoms with Crippen molar-refractivity contribution < 1.29 is 0 Å². The highest BCUT2D eigenvalue weighted by Crippen LogP contribution is 2.27. The first-order chi connectivity index (χ1) is 8.88. The summed E-state index contributed by atoms with van der Waals surface area (Å²) in [5.74, 6) is 0. The first-order valence-electron chi connectivity index (χ1n) is 7.26. The van der Waals surface area contributed by atoms with Gasteiger partial charge in [-0.2, -0.15) is 0 Å². The van der Waals surface area contributed by atoms with Crippen LogP contribution in [0.4, 0.5) is 0 Å². The Kier molecular flexibility index (Phi) is 4.64. The topological polar surface area (TPSA) is 28.2 Å². The second-order valence-corrected chi connectivity index (χ2v) is 7.87. The maximum absolute atomic E-state index is 4.53. The largest absolute Gasteiger partial charge is 0.310 e. The molecule has 108 valence electrons. The third-order valence-electron chi connectivity index (χ3n) is 3.75. The Morgan fingerprint density at radius 1 is 1.47 bits per heavy atom. The molecule has 1 aromatic rings. The van der Waals surface area contributed by atoms with Crippen molar-refractivity contribution in [1.29, 1.82) is 0 Å². The molecule has 3 nitrogen and oxygen atoms in total. The average molecular weight is 281 g/mol. The van der Waals surface area contributed by atoms with E-state index in [4.69, 9.17) is 0 Å². The van der Waals surface area contributed by atoms with Gasteiger partial charge in [-0.1, -0.05) is 20.8 Å². The molecular formula is C15H27N3S. The van der Waals surface area contributed by atoms with Crippen LogP contribution in [0.1, 0.15) is 50.4 Å². The molecule has 4 heteroatoms. The van der Waals surface area contributed by atoms with E-state index in [0.29, 0.717) is 6.04 Å². The molecule has 0 aliphatic heterocycles. The van der Waals surface area contributed by atoms with Crippen molar-refractivity contribution in [2.45, 2.75) is 64.6 Å². The molecule has 1 unspecified atom stereocenters. The van der Waals surface area contributed by atoms with Crippen molar-refractivity contribution in [2.75, 3.05) is 13.6 Å². The van der Waals surface area contributed by atoms with E-state index < -0.39 is 0 Å². The quantitative estimate of drug-likeness (QED) is 0.869. The summed E-state index contributed by atoms with van der Waals surface area (Å²) in [6.07, 6.45) is 4.78. The van der Waals surface area contributed by atoms with Gasteiger partial charge >= 0.3 is 0 Å². The summed E-state index contributed by atoms with van der Waals surface area (Å²) in [7, 11) is 2.24. The van der Waals surface area contributed by atoms with Gasteiger partial charge in [0.1, 0.15) is 0 Å². The van der Waals surface area contributed by atoms with Crippen LogP contribution in [-0.4, -0.2) is 35.6 Å². The Balaban J connectivity index is 1.74. The Morgan fingerprint density at radius 3 is 2.68 bits per heavy atom. The molecule has 1 aliphatic rings. The second kappa shape index (κ2) is 5.90. The van der Waals surface area contributed by atoms with Crippen LogP contribution in [0.25, 0.3) is 0 Å². The Morgan fingerprint density at radius 2 is 2.16 bits per heavy atom. The van der Waals surface area contributed by atoms with Gasteiger partial charge in [-0.3, -0.25) is 4.90 Å². The van der Waals surface area contributed by atoms with Crippen molar-refractivity contribution in [3.8, 4) is 0 Å². The van der Waals surface area contributed by atoms with Crippen LogP contribution in [0.15, 0.2) is 6.20 Å². The highest BCUT2D eigenvalue weighted by molar-refractivity contribution is 7.11. The summed E-state index contributed by atoms with van der Waals surface area (Å²) >= 11 is 1.83. The van der Waals surface area contributed by atoms with E-state index in [-0.39, 0.29) is 5.41 Å². The smallest absolute Gasteiger partial charge is 0.0981 e. The summed E-state index contributed by atoms with van der Waals surface area (Å²) in [5.41, 5.74) is 0.169. The molecule has 0 radical (unpaired) electrons. The first kappa shape index (κ1) is 14.9. The van der Waals surface area contributed by atoms with Crippen LogP contribution in [0, 0.1) is 0 Å². The fourth-order valence-corrected chi connectivity index (χ4v) is 3.07. The monoisotopic (exact) mass is 281 g/mol. The Bertz CT molecular complexity index is 404. The highest BCUT2D eigenvalue weighted by atomic mass is 32.1. The minimum atomic E-state index is 0.169. The molecule has 2 rings (SSSR count). The lowest BCUT2D eigenvalue weighted by Crippen LogP contribution is -2.38. The normalized spacial score (nSPS) is 18.0. The fourth-order valence-electron chi connectivity index (χ4n) is 2.13. The predicted octanol–water partition coefficient (Wildman–Crippen LogP) is 3.01. The van der Waals surface area contributed by atoms with E-state index in [1.807, 2.05) is 17.5 Å². The number of hydrogen-bond acceptors (Lipinski definition) is 4. The van der Waals surface area contributed by atoms with E-state index in [1.54, 1.807) is 0 Å². The molecule has 0 spiro atoms. The molecular weight excluding hydrogens is 254 g/mol. The zero-order chi connectivity index (χ0) is 14.0. The van der Waals surface area contributed by atoms with Crippen molar-refractivity contribution >= 4 is 11.3 Å². The lowest BCUT2D eigenvalue weighted by molar-refractivity contribution is 0.241. The van der Waals surface area contributed by atoms with Crippen LogP contribution in [0.2, 0.25) is 0 Å². The van der Waals surface area contributed by atoms with Gasteiger partial charge in [-0.25, -0.2) is 4.98 Å². The van der Waals surface area contributed by atoms with Crippen LogP contribution >= 0.6 is 11.3 Å². The number of nitrogens with one attached hydrogen (secondary N) is 1. The Hall–Kier alpha value is -0.450. The third kappa shape index (κ3) is 4.26. The van der Waals surface area contributed by atoms with Gasteiger partial charge in [0.25, 0.3) is 0 Å². The van der Waals surface area contributed by atoms with E-state index >= 15 is 0 Å². The summed E-state index contributed by atoms with van der Waals surface area (Å²) < 4.78 is 0. The van der Waals surface area contributed by atoms with Crippen molar-refractivity contribution in [3.63, 3.8) is 0 Å². The molecule has 19 heavy (non-hydrogen) atoms. The fraction of sp³-hybridized carbons (Fsp3) is 0.800. The molecule has 1 heterocycles. The Labute approximate surface area is 121 Å². The van der Waals surface area contributed by atoms with Gasteiger partial charge in [0.05, 0.1) is 5.01 Å². The van der Waals surface area contributed by atoms with E-state index in [1.165, 1.54) is 22.7 Å². The van der Waals surface area contributed by atoms with Crippen molar-refractivity contribution in [1.82, 2.24) is 15.2 Å². The zero-order valence-electron chi connectivity index (χ0n) is 12.9. The van der Waals surface area contributed by atoms with Crippen molar-refractivity contribution in [3.05, 3.63) is 16.1 Å².